The molecule has 0 radical (unpaired) electrons. The maximum absolute atomic E-state index is 14.1. The standard InChI is InChI=1S/C24H18F2N4OS/c1-14-7-5-8-15(2)21(14)30-22(31)17-10-3-4-12-19(17)29-23(30)27-28-24(29)32-13-16-9-6-11-18(25)20(16)26/h3-12H,13H2,1-2H3. The van der Waals surface area contributed by atoms with Crippen molar-refractivity contribution in [2.24, 2.45) is 0 Å². The Balaban J connectivity index is 1.75. The van der Waals surface area contributed by atoms with Crippen molar-refractivity contribution in [1.82, 2.24) is 19.2 Å². The normalized spacial score (nSPS) is 11.5. The Labute approximate surface area is 186 Å². The van der Waals surface area contributed by atoms with Crippen molar-refractivity contribution >= 4 is 28.4 Å². The van der Waals surface area contributed by atoms with E-state index in [2.05, 4.69) is 10.2 Å². The van der Waals surface area contributed by atoms with Crippen molar-refractivity contribution in [3.8, 4) is 5.69 Å². The van der Waals surface area contributed by atoms with Crippen molar-refractivity contribution in [3.63, 3.8) is 0 Å². The first-order valence-electron chi connectivity index (χ1n) is 9.98. The minimum Gasteiger partial charge on any atom is -0.268 e. The van der Waals surface area contributed by atoms with Crippen molar-refractivity contribution in [1.29, 1.82) is 0 Å². The summed E-state index contributed by atoms with van der Waals surface area (Å²) in [6, 6.07) is 17.2. The third kappa shape index (κ3) is 3.18. The van der Waals surface area contributed by atoms with Gasteiger partial charge in [-0.3, -0.25) is 9.20 Å². The number of aromatic nitrogens is 4. The van der Waals surface area contributed by atoms with E-state index < -0.39 is 11.6 Å². The molecule has 0 atom stereocenters. The van der Waals surface area contributed by atoms with Gasteiger partial charge in [-0.2, -0.15) is 0 Å². The molecule has 0 saturated carbocycles. The summed E-state index contributed by atoms with van der Waals surface area (Å²) in [6.45, 7) is 3.89. The summed E-state index contributed by atoms with van der Waals surface area (Å²) in [4.78, 5) is 13.5. The lowest BCUT2D eigenvalue weighted by atomic mass is 10.1. The van der Waals surface area contributed by atoms with E-state index in [0.29, 0.717) is 21.8 Å². The zero-order valence-corrected chi connectivity index (χ0v) is 18.2. The van der Waals surface area contributed by atoms with Gasteiger partial charge in [-0.1, -0.05) is 54.2 Å². The van der Waals surface area contributed by atoms with E-state index >= 15 is 0 Å². The van der Waals surface area contributed by atoms with Crippen molar-refractivity contribution in [2.45, 2.75) is 24.8 Å². The second-order valence-corrected chi connectivity index (χ2v) is 8.46. The van der Waals surface area contributed by atoms with Crippen LogP contribution in [0.4, 0.5) is 8.78 Å². The van der Waals surface area contributed by atoms with Gasteiger partial charge >= 0.3 is 0 Å². The first-order chi connectivity index (χ1) is 15.5. The van der Waals surface area contributed by atoms with Crippen molar-refractivity contribution < 1.29 is 8.78 Å². The Morgan fingerprint density at radius 2 is 1.62 bits per heavy atom. The van der Waals surface area contributed by atoms with Gasteiger partial charge < -0.3 is 0 Å². The summed E-state index contributed by atoms with van der Waals surface area (Å²) >= 11 is 1.23. The van der Waals surface area contributed by atoms with E-state index in [9.17, 15) is 13.6 Å². The zero-order valence-electron chi connectivity index (χ0n) is 17.3. The molecule has 0 amide bonds. The van der Waals surface area contributed by atoms with Gasteiger partial charge in [0, 0.05) is 11.3 Å². The van der Waals surface area contributed by atoms with E-state index in [0.717, 1.165) is 22.9 Å². The van der Waals surface area contributed by atoms with Crippen LogP contribution in [0.2, 0.25) is 0 Å². The molecule has 0 aliphatic rings. The van der Waals surface area contributed by atoms with Gasteiger partial charge in [0.05, 0.1) is 16.6 Å². The molecule has 32 heavy (non-hydrogen) atoms. The van der Waals surface area contributed by atoms with Crippen LogP contribution in [0.3, 0.4) is 0 Å². The molecule has 0 spiro atoms. The van der Waals surface area contributed by atoms with Crippen molar-refractivity contribution in [3.05, 3.63) is 99.3 Å². The van der Waals surface area contributed by atoms with Crippen LogP contribution in [-0.2, 0) is 5.75 Å². The van der Waals surface area contributed by atoms with Crippen LogP contribution in [0.5, 0.6) is 0 Å². The lowest BCUT2D eigenvalue weighted by Crippen LogP contribution is -2.23. The van der Waals surface area contributed by atoms with E-state index in [1.165, 1.54) is 17.8 Å². The fourth-order valence-corrected chi connectivity index (χ4v) is 4.85. The number of rotatable bonds is 4. The van der Waals surface area contributed by atoms with Gasteiger partial charge in [0.2, 0.25) is 5.78 Å². The predicted molar refractivity (Wildman–Crippen MR) is 121 cm³/mol. The maximum atomic E-state index is 14.1. The van der Waals surface area contributed by atoms with Gasteiger partial charge in [-0.25, -0.2) is 13.3 Å². The first-order valence-corrected chi connectivity index (χ1v) is 11.0. The van der Waals surface area contributed by atoms with Gasteiger partial charge in [-0.15, -0.1) is 10.2 Å². The molecule has 2 aromatic heterocycles. The second-order valence-electron chi connectivity index (χ2n) is 7.52. The van der Waals surface area contributed by atoms with E-state index in [1.807, 2.05) is 50.2 Å². The Bertz CT molecular complexity index is 1540. The molecule has 8 heteroatoms. The third-order valence-corrected chi connectivity index (χ3v) is 6.42. The second kappa shape index (κ2) is 7.87. The SMILES string of the molecule is Cc1cccc(C)c1-n1c(=O)c2ccccc2n2c(SCc3cccc(F)c3F)nnc12. The topological polar surface area (TPSA) is 52.2 Å². The summed E-state index contributed by atoms with van der Waals surface area (Å²) in [6.07, 6.45) is 0. The van der Waals surface area contributed by atoms with Crippen LogP contribution in [0.25, 0.3) is 22.4 Å². The average Bonchev–Trinajstić information content (AvgIpc) is 3.20. The number of thioether (sulfide) groups is 1. The van der Waals surface area contributed by atoms with E-state index in [4.69, 9.17) is 0 Å². The molecule has 5 rings (SSSR count). The molecule has 0 saturated heterocycles. The van der Waals surface area contributed by atoms with E-state index in [1.54, 1.807) is 21.1 Å². The predicted octanol–water partition coefficient (Wildman–Crippen LogP) is 5.22. The number of nitrogens with zero attached hydrogens (tertiary/aromatic N) is 4. The van der Waals surface area contributed by atoms with Crippen LogP contribution in [0, 0.1) is 25.5 Å². The molecule has 0 N–H and O–H groups in total. The Morgan fingerprint density at radius 1 is 0.906 bits per heavy atom. The summed E-state index contributed by atoms with van der Waals surface area (Å²) in [5, 5.41) is 9.63. The largest absolute Gasteiger partial charge is 0.268 e. The molecular weight excluding hydrogens is 430 g/mol. The summed E-state index contributed by atoms with van der Waals surface area (Å²) < 4.78 is 31.1. The molecule has 3 aromatic carbocycles. The summed E-state index contributed by atoms with van der Waals surface area (Å²) in [5.41, 5.74) is 3.33. The van der Waals surface area contributed by atoms with Crippen LogP contribution in [-0.4, -0.2) is 19.2 Å². The quantitative estimate of drug-likeness (QED) is 0.354. The number of aryl methyl sites for hydroxylation is 2. The highest BCUT2D eigenvalue weighted by Gasteiger charge is 2.20. The Hall–Kier alpha value is -3.52. The lowest BCUT2D eigenvalue weighted by Gasteiger charge is -2.15. The highest BCUT2D eigenvalue weighted by Crippen LogP contribution is 2.28. The molecule has 2 heterocycles. The highest BCUT2D eigenvalue weighted by atomic mass is 32.2. The number of halogens is 2. The third-order valence-electron chi connectivity index (χ3n) is 5.45. The van der Waals surface area contributed by atoms with E-state index in [-0.39, 0.29) is 16.9 Å². The molecule has 5 aromatic rings. The fourth-order valence-electron chi connectivity index (χ4n) is 3.93. The monoisotopic (exact) mass is 448 g/mol. The smallest absolute Gasteiger partial charge is 0.267 e. The molecule has 5 nitrogen and oxygen atoms in total. The average molecular weight is 448 g/mol. The fraction of sp³-hybridized carbons (Fsp3) is 0.125. The minimum atomic E-state index is -0.886. The lowest BCUT2D eigenvalue weighted by molar-refractivity contribution is 0.502. The Kier molecular flexibility index (Phi) is 5.01. The highest BCUT2D eigenvalue weighted by molar-refractivity contribution is 7.98. The molecule has 0 unspecified atom stereocenters. The van der Waals surface area contributed by atoms with Gasteiger partial charge in [-0.05, 0) is 43.2 Å². The molecular formula is C24H18F2N4OS. The minimum absolute atomic E-state index is 0.168. The molecule has 0 aliphatic carbocycles. The molecule has 0 fully saturated rings. The number of fused-ring (bicyclic) bond motifs is 3. The number of benzene rings is 3. The van der Waals surface area contributed by atoms with Gasteiger partial charge in [0.25, 0.3) is 5.56 Å². The maximum Gasteiger partial charge on any atom is 0.267 e. The number of para-hydroxylation sites is 2. The Morgan fingerprint density at radius 3 is 2.41 bits per heavy atom. The van der Waals surface area contributed by atoms with Crippen LogP contribution in [0.15, 0.2) is 70.6 Å². The van der Waals surface area contributed by atoms with Crippen LogP contribution < -0.4 is 5.56 Å². The van der Waals surface area contributed by atoms with Crippen LogP contribution >= 0.6 is 11.8 Å². The summed E-state index contributed by atoms with van der Waals surface area (Å²) in [5.74, 6) is -1.22. The molecule has 160 valence electrons. The zero-order chi connectivity index (χ0) is 22.4. The van der Waals surface area contributed by atoms with Gasteiger partial charge in [0.15, 0.2) is 16.8 Å². The van der Waals surface area contributed by atoms with Gasteiger partial charge in [0.1, 0.15) is 0 Å². The molecule has 0 bridgehead atoms. The van der Waals surface area contributed by atoms with Crippen molar-refractivity contribution in [2.75, 3.05) is 0 Å². The number of hydrogen-bond donors (Lipinski definition) is 0. The summed E-state index contributed by atoms with van der Waals surface area (Å²) in [7, 11) is 0. The van der Waals surface area contributed by atoms with Crippen LogP contribution in [0.1, 0.15) is 16.7 Å². The number of hydrogen-bond acceptors (Lipinski definition) is 4. The first kappa shape index (κ1) is 20.4. The molecule has 0 aliphatic heterocycles.